The number of likely N-dealkylation sites (tertiary alicyclic amines) is 1. The van der Waals surface area contributed by atoms with Crippen molar-refractivity contribution in [2.24, 2.45) is 5.92 Å². The first-order valence-electron chi connectivity index (χ1n) is 7.58. The van der Waals surface area contributed by atoms with E-state index in [0.717, 1.165) is 26.0 Å². The van der Waals surface area contributed by atoms with E-state index in [1.54, 1.807) is 29.7 Å². The molecule has 3 heterocycles. The average Bonchev–Trinajstić information content (AvgIpc) is 2.48. The van der Waals surface area contributed by atoms with Crippen molar-refractivity contribution >= 4 is 10.0 Å². The van der Waals surface area contributed by atoms with Crippen LogP contribution in [0.1, 0.15) is 12.8 Å². The fourth-order valence-electron chi connectivity index (χ4n) is 3.59. The zero-order valence-corrected chi connectivity index (χ0v) is 13.9. The van der Waals surface area contributed by atoms with Gasteiger partial charge in [-0.2, -0.15) is 4.31 Å². The number of rotatable bonds is 4. The van der Waals surface area contributed by atoms with Gasteiger partial charge in [-0.1, -0.05) is 0 Å². The van der Waals surface area contributed by atoms with E-state index >= 15 is 0 Å². The van der Waals surface area contributed by atoms with E-state index in [-0.39, 0.29) is 10.4 Å². The Labute approximate surface area is 132 Å². The van der Waals surface area contributed by atoms with Crippen molar-refractivity contribution in [3.63, 3.8) is 0 Å². The molecule has 122 valence electrons. The highest BCUT2D eigenvalue weighted by Gasteiger charge is 2.53. The average molecular weight is 325 g/mol. The third-order valence-electron chi connectivity index (χ3n) is 4.97. The molecule has 0 aromatic carbocycles. The number of piperidine rings is 1. The fourth-order valence-corrected chi connectivity index (χ4v) is 5.15. The lowest BCUT2D eigenvalue weighted by Gasteiger charge is -2.57. The summed E-state index contributed by atoms with van der Waals surface area (Å²) in [5.41, 5.74) is -0.0310. The Morgan fingerprint density at radius 3 is 2.86 bits per heavy atom. The summed E-state index contributed by atoms with van der Waals surface area (Å²) in [6.45, 7) is 2.86. The molecule has 22 heavy (non-hydrogen) atoms. The van der Waals surface area contributed by atoms with E-state index < -0.39 is 10.0 Å². The predicted molar refractivity (Wildman–Crippen MR) is 83.0 cm³/mol. The minimum absolute atomic E-state index is 0.0310. The third-order valence-corrected chi connectivity index (χ3v) is 6.74. The molecular formula is C15H23N3O3S. The van der Waals surface area contributed by atoms with Crippen LogP contribution in [0.4, 0.5) is 0 Å². The van der Waals surface area contributed by atoms with Crippen molar-refractivity contribution in [3.05, 3.63) is 24.5 Å². The summed E-state index contributed by atoms with van der Waals surface area (Å²) in [6.07, 6.45) is 5.11. The highest BCUT2D eigenvalue weighted by Crippen LogP contribution is 2.40. The fraction of sp³-hybridized carbons (Fsp3) is 0.667. The summed E-state index contributed by atoms with van der Waals surface area (Å²) >= 11 is 0. The predicted octanol–water partition coefficient (Wildman–Crippen LogP) is 0.813. The minimum atomic E-state index is -3.42. The van der Waals surface area contributed by atoms with Gasteiger partial charge in [0, 0.05) is 44.7 Å². The van der Waals surface area contributed by atoms with Gasteiger partial charge in [-0.25, -0.2) is 8.42 Å². The van der Waals surface area contributed by atoms with Gasteiger partial charge in [0.25, 0.3) is 0 Å². The van der Waals surface area contributed by atoms with Crippen LogP contribution in [-0.2, 0) is 14.8 Å². The normalized spacial score (nSPS) is 26.0. The van der Waals surface area contributed by atoms with Crippen LogP contribution in [0.3, 0.4) is 0 Å². The van der Waals surface area contributed by atoms with Crippen LogP contribution in [-0.4, -0.2) is 68.5 Å². The second kappa shape index (κ2) is 5.88. The molecule has 6 nitrogen and oxygen atoms in total. The van der Waals surface area contributed by atoms with E-state index in [9.17, 15) is 8.42 Å². The van der Waals surface area contributed by atoms with Crippen molar-refractivity contribution < 1.29 is 13.2 Å². The first-order valence-corrected chi connectivity index (χ1v) is 9.02. The minimum Gasteiger partial charge on any atom is -0.384 e. The summed E-state index contributed by atoms with van der Waals surface area (Å²) in [6, 6.07) is 3.26. The van der Waals surface area contributed by atoms with Gasteiger partial charge in [-0.3, -0.25) is 9.88 Å². The highest BCUT2D eigenvalue weighted by molar-refractivity contribution is 7.89. The van der Waals surface area contributed by atoms with Gasteiger partial charge in [-0.05, 0) is 44.5 Å². The first kappa shape index (κ1) is 15.9. The largest absolute Gasteiger partial charge is 0.384 e. The molecule has 0 bridgehead atoms. The van der Waals surface area contributed by atoms with Gasteiger partial charge in [-0.15, -0.1) is 0 Å². The van der Waals surface area contributed by atoms with Crippen LogP contribution in [0.5, 0.6) is 0 Å². The quantitative estimate of drug-likeness (QED) is 0.820. The number of hydrogen-bond donors (Lipinski definition) is 0. The Balaban J connectivity index is 1.72. The second-order valence-corrected chi connectivity index (χ2v) is 8.36. The number of hydrogen-bond acceptors (Lipinski definition) is 5. The third kappa shape index (κ3) is 2.67. The molecule has 1 aromatic heterocycles. The molecule has 2 aliphatic rings. The highest BCUT2D eigenvalue weighted by atomic mass is 32.2. The molecule has 1 spiro atoms. The molecule has 0 N–H and O–H groups in total. The van der Waals surface area contributed by atoms with Gasteiger partial charge in [0.2, 0.25) is 10.0 Å². The zero-order valence-electron chi connectivity index (χ0n) is 13.1. The van der Waals surface area contributed by atoms with Crippen molar-refractivity contribution in [2.45, 2.75) is 23.3 Å². The Hall–Kier alpha value is -1.02. The van der Waals surface area contributed by atoms with Crippen LogP contribution in [0.15, 0.2) is 29.4 Å². The van der Waals surface area contributed by atoms with Gasteiger partial charge in [0.05, 0.1) is 0 Å². The molecule has 3 rings (SSSR count). The molecule has 0 radical (unpaired) electrons. The molecule has 2 saturated heterocycles. The number of sulfonamides is 1. The summed E-state index contributed by atoms with van der Waals surface area (Å²) in [4.78, 5) is 6.50. The number of aromatic nitrogens is 1. The molecule has 0 amide bonds. The standard InChI is InChI=1S/C15H23N3O3S/c1-17-7-5-13(10-21-2)8-15(17)11-18(12-15)22(19,20)14-4-3-6-16-9-14/h3-4,6,9,13H,5,7-8,10-12H2,1-2H3. The van der Waals surface area contributed by atoms with Crippen molar-refractivity contribution in [1.82, 2.24) is 14.2 Å². The molecule has 1 aromatic rings. The Bertz CT molecular complexity index is 614. The van der Waals surface area contributed by atoms with Crippen LogP contribution in [0.25, 0.3) is 0 Å². The SMILES string of the molecule is COCC1CCN(C)C2(C1)CN(S(=O)(=O)c1cccnc1)C2. The van der Waals surface area contributed by atoms with Crippen LogP contribution >= 0.6 is 0 Å². The summed E-state index contributed by atoms with van der Waals surface area (Å²) in [5.74, 6) is 0.518. The molecule has 2 aliphatic heterocycles. The Morgan fingerprint density at radius 2 is 2.23 bits per heavy atom. The van der Waals surface area contributed by atoms with Gasteiger partial charge < -0.3 is 4.74 Å². The smallest absolute Gasteiger partial charge is 0.244 e. The number of pyridine rings is 1. The summed E-state index contributed by atoms with van der Waals surface area (Å²) < 4.78 is 32.0. The lowest BCUT2D eigenvalue weighted by atomic mass is 9.77. The topological polar surface area (TPSA) is 62.7 Å². The molecule has 2 fully saturated rings. The Morgan fingerprint density at radius 1 is 1.45 bits per heavy atom. The number of methoxy groups -OCH3 is 1. The molecule has 0 saturated carbocycles. The lowest BCUT2D eigenvalue weighted by Crippen LogP contribution is -2.72. The van der Waals surface area contributed by atoms with E-state index in [2.05, 4.69) is 16.9 Å². The van der Waals surface area contributed by atoms with Crippen molar-refractivity contribution in [2.75, 3.05) is 40.4 Å². The molecule has 1 atom stereocenters. The van der Waals surface area contributed by atoms with Crippen molar-refractivity contribution in [1.29, 1.82) is 0 Å². The Kier molecular flexibility index (Phi) is 4.24. The second-order valence-electron chi connectivity index (χ2n) is 6.42. The van der Waals surface area contributed by atoms with Gasteiger partial charge in [0.15, 0.2) is 0 Å². The van der Waals surface area contributed by atoms with Crippen LogP contribution < -0.4 is 0 Å². The summed E-state index contributed by atoms with van der Waals surface area (Å²) in [7, 11) is 0.404. The van der Waals surface area contributed by atoms with Gasteiger partial charge in [0.1, 0.15) is 4.90 Å². The molecule has 7 heteroatoms. The first-order chi connectivity index (χ1) is 10.5. The van der Waals surface area contributed by atoms with Gasteiger partial charge >= 0.3 is 0 Å². The number of ether oxygens (including phenoxy) is 1. The molecular weight excluding hydrogens is 302 g/mol. The lowest BCUT2D eigenvalue weighted by molar-refractivity contribution is -0.0547. The number of nitrogens with zero attached hydrogens (tertiary/aromatic N) is 3. The van der Waals surface area contributed by atoms with E-state index in [1.165, 1.54) is 6.20 Å². The van der Waals surface area contributed by atoms with E-state index in [1.807, 2.05) is 0 Å². The zero-order chi connectivity index (χ0) is 15.8. The van der Waals surface area contributed by atoms with E-state index in [4.69, 9.17) is 4.74 Å². The monoisotopic (exact) mass is 325 g/mol. The van der Waals surface area contributed by atoms with Crippen molar-refractivity contribution in [3.8, 4) is 0 Å². The maximum atomic E-state index is 12.6. The number of likely N-dealkylation sites (N-methyl/N-ethyl adjacent to an activating group) is 1. The molecule has 0 aliphatic carbocycles. The van der Waals surface area contributed by atoms with Crippen LogP contribution in [0, 0.1) is 5.92 Å². The van der Waals surface area contributed by atoms with E-state index in [0.29, 0.717) is 19.0 Å². The maximum Gasteiger partial charge on any atom is 0.244 e. The van der Waals surface area contributed by atoms with Crippen LogP contribution in [0.2, 0.25) is 0 Å². The molecule has 1 unspecified atom stereocenters. The maximum absolute atomic E-state index is 12.6. The summed E-state index contributed by atoms with van der Waals surface area (Å²) in [5, 5.41) is 0.